The van der Waals surface area contributed by atoms with Crippen LogP contribution < -0.4 is 10.6 Å². The molecule has 1 aromatic heterocycles. The quantitative estimate of drug-likeness (QED) is 0.776. The van der Waals surface area contributed by atoms with Crippen LogP contribution in [0.15, 0.2) is 15.9 Å². The van der Waals surface area contributed by atoms with Gasteiger partial charge in [0.1, 0.15) is 0 Å². The average Bonchev–Trinajstić information content (AvgIpc) is 2.84. The Morgan fingerprint density at radius 2 is 2.47 bits per heavy atom. The van der Waals surface area contributed by atoms with Crippen molar-refractivity contribution in [3.8, 4) is 0 Å². The highest BCUT2D eigenvalue weighted by Gasteiger charge is 2.27. The molecule has 2 heterocycles. The van der Waals surface area contributed by atoms with Gasteiger partial charge in [-0.25, -0.2) is 0 Å². The summed E-state index contributed by atoms with van der Waals surface area (Å²) in [4.78, 5) is 12.8. The molecule has 7 heteroatoms. The van der Waals surface area contributed by atoms with Crippen molar-refractivity contribution in [3.63, 3.8) is 0 Å². The van der Waals surface area contributed by atoms with Gasteiger partial charge in [-0.1, -0.05) is 0 Å². The molecule has 1 aliphatic rings. The Balaban J connectivity index is 0.00000144. The zero-order chi connectivity index (χ0) is 11.5. The summed E-state index contributed by atoms with van der Waals surface area (Å²) < 4.78 is 1.04. The van der Waals surface area contributed by atoms with Crippen molar-refractivity contribution in [3.05, 3.63) is 20.8 Å². The van der Waals surface area contributed by atoms with Gasteiger partial charge >= 0.3 is 0 Å². The van der Waals surface area contributed by atoms with Crippen LogP contribution in [0.2, 0.25) is 0 Å². The Labute approximate surface area is 118 Å². The van der Waals surface area contributed by atoms with Crippen LogP contribution in [0.5, 0.6) is 0 Å². The number of nitrogens with one attached hydrogen (secondary N) is 2. The Morgan fingerprint density at radius 3 is 3.00 bits per heavy atom. The number of rotatable bonds is 3. The summed E-state index contributed by atoms with van der Waals surface area (Å²) in [5.41, 5.74) is 0. The van der Waals surface area contributed by atoms with Gasteiger partial charge in [-0.05, 0) is 28.4 Å². The van der Waals surface area contributed by atoms with E-state index in [4.69, 9.17) is 0 Å². The van der Waals surface area contributed by atoms with Crippen LogP contribution in [0.3, 0.4) is 0 Å². The van der Waals surface area contributed by atoms with E-state index >= 15 is 0 Å². The molecular weight excluding hydrogens is 328 g/mol. The van der Waals surface area contributed by atoms with E-state index in [9.17, 15) is 9.90 Å². The maximum absolute atomic E-state index is 11.7. The minimum absolute atomic E-state index is 0. The number of carbonyl (C=O) groups is 1. The third-order valence-electron chi connectivity index (χ3n) is 2.48. The van der Waals surface area contributed by atoms with E-state index in [1.807, 2.05) is 11.4 Å². The number of hydrogen-bond donors (Lipinski definition) is 3. The third-order valence-corrected chi connectivity index (χ3v) is 4.18. The zero-order valence-electron chi connectivity index (χ0n) is 8.98. The number of aliphatic hydroxyl groups excluding tert-OH is 1. The lowest BCUT2D eigenvalue weighted by Gasteiger charge is -2.09. The number of hydrogen-bond acceptors (Lipinski definition) is 4. The van der Waals surface area contributed by atoms with E-state index in [2.05, 4.69) is 26.6 Å². The summed E-state index contributed by atoms with van der Waals surface area (Å²) in [7, 11) is 0. The van der Waals surface area contributed by atoms with Crippen molar-refractivity contribution < 1.29 is 9.90 Å². The summed E-state index contributed by atoms with van der Waals surface area (Å²) in [6.45, 7) is 1.05. The SMILES string of the molecule is Cl.O=C(NCc1cc(Br)cs1)C1CC(O)CN1. The summed E-state index contributed by atoms with van der Waals surface area (Å²) in [6.07, 6.45) is 0.103. The van der Waals surface area contributed by atoms with Crippen LogP contribution in [0.25, 0.3) is 0 Å². The number of aliphatic hydroxyl groups is 1. The van der Waals surface area contributed by atoms with Crippen molar-refractivity contribution in [2.45, 2.75) is 25.1 Å². The molecule has 1 aliphatic heterocycles. The number of amides is 1. The molecule has 1 saturated heterocycles. The molecule has 1 fully saturated rings. The lowest BCUT2D eigenvalue weighted by molar-refractivity contribution is -0.123. The molecule has 0 bridgehead atoms. The third kappa shape index (κ3) is 4.22. The summed E-state index contributed by atoms with van der Waals surface area (Å²) in [5.74, 6) is -0.0407. The van der Waals surface area contributed by atoms with Crippen LogP contribution >= 0.6 is 39.7 Å². The topological polar surface area (TPSA) is 61.4 Å². The van der Waals surface area contributed by atoms with Crippen molar-refractivity contribution in [2.24, 2.45) is 0 Å². The Hall–Kier alpha value is -0.140. The highest BCUT2D eigenvalue weighted by molar-refractivity contribution is 9.10. The summed E-state index contributed by atoms with van der Waals surface area (Å²) in [5, 5.41) is 17.1. The fraction of sp³-hybridized carbons (Fsp3) is 0.500. The second-order valence-electron chi connectivity index (χ2n) is 3.80. The highest BCUT2D eigenvalue weighted by Crippen LogP contribution is 2.19. The normalized spacial score (nSPS) is 23.2. The molecule has 2 atom stereocenters. The van der Waals surface area contributed by atoms with Gasteiger partial charge in [0.15, 0.2) is 0 Å². The monoisotopic (exact) mass is 340 g/mol. The Bertz CT molecular complexity index is 388. The summed E-state index contributed by atoms with van der Waals surface area (Å²) >= 11 is 4.97. The van der Waals surface area contributed by atoms with Crippen molar-refractivity contribution >= 4 is 45.6 Å². The predicted molar refractivity (Wildman–Crippen MR) is 73.5 cm³/mol. The molecule has 0 aliphatic carbocycles. The van der Waals surface area contributed by atoms with E-state index in [1.54, 1.807) is 11.3 Å². The smallest absolute Gasteiger partial charge is 0.237 e. The zero-order valence-corrected chi connectivity index (χ0v) is 12.2. The predicted octanol–water partition coefficient (Wildman–Crippen LogP) is 1.27. The number of carbonyl (C=O) groups excluding carboxylic acids is 1. The Morgan fingerprint density at radius 1 is 1.71 bits per heavy atom. The van der Waals surface area contributed by atoms with Crippen molar-refractivity contribution in [2.75, 3.05) is 6.54 Å². The molecule has 0 saturated carbocycles. The molecular formula is C10H14BrClN2O2S. The molecule has 0 radical (unpaired) electrons. The average molecular weight is 342 g/mol. The van der Waals surface area contributed by atoms with Gasteiger partial charge in [0, 0.05) is 21.3 Å². The van der Waals surface area contributed by atoms with Crippen LogP contribution in [0, 0.1) is 0 Å². The molecule has 2 rings (SSSR count). The first-order valence-electron chi connectivity index (χ1n) is 5.07. The summed E-state index contributed by atoms with van der Waals surface area (Å²) in [6, 6.07) is 1.74. The molecule has 2 unspecified atom stereocenters. The van der Waals surface area contributed by atoms with Crippen molar-refractivity contribution in [1.29, 1.82) is 0 Å². The van der Waals surface area contributed by atoms with E-state index < -0.39 is 6.10 Å². The van der Waals surface area contributed by atoms with Gasteiger partial charge in [0.05, 0.1) is 18.7 Å². The second kappa shape index (κ2) is 6.70. The van der Waals surface area contributed by atoms with Gasteiger partial charge in [0.25, 0.3) is 0 Å². The van der Waals surface area contributed by atoms with E-state index in [-0.39, 0.29) is 24.4 Å². The second-order valence-corrected chi connectivity index (χ2v) is 5.71. The van der Waals surface area contributed by atoms with Gasteiger partial charge in [0.2, 0.25) is 5.91 Å². The largest absolute Gasteiger partial charge is 0.392 e. The molecule has 96 valence electrons. The molecule has 1 amide bonds. The van der Waals surface area contributed by atoms with E-state index in [0.29, 0.717) is 19.5 Å². The molecule has 0 spiro atoms. The van der Waals surface area contributed by atoms with Gasteiger partial charge in [-0.3, -0.25) is 4.79 Å². The minimum atomic E-state index is -0.397. The maximum Gasteiger partial charge on any atom is 0.237 e. The minimum Gasteiger partial charge on any atom is -0.392 e. The van der Waals surface area contributed by atoms with Crippen LogP contribution in [0.4, 0.5) is 0 Å². The maximum atomic E-state index is 11.7. The fourth-order valence-electron chi connectivity index (χ4n) is 1.66. The van der Waals surface area contributed by atoms with Gasteiger partial charge in [-0.15, -0.1) is 23.7 Å². The van der Waals surface area contributed by atoms with Crippen LogP contribution in [-0.4, -0.2) is 29.7 Å². The highest BCUT2D eigenvalue weighted by atomic mass is 79.9. The number of halogens is 2. The van der Waals surface area contributed by atoms with Crippen LogP contribution in [0.1, 0.15) is 11.3 Å². The molecule has 1 aromatic rings. The molecule has 17 heavy (non-hydrogen) atoms. The van der Waals surface area contributed by atoms with Gasteiger partial charge < -0.3 is 15.7 Å². The Kier molecular flexibility index (Phi) is 5.88. The van der Waals surface area contributed by atoms with E-state index in [1.165, 1.54) is 0 Å². The first kappa shape index (κ1) is 14.9. The number of thiophene rings is 1. The van der Waals surface area contributed by atoms with Gasteiger partial charge in [-0.2, -0.15) is 0 Å². The van der Waals surface area contributed by atoms with Crippen molar-refractivity contribution in [1.82, 2.24) is 10.6 Å². The lowest BCUT2D eigenvalue weighted by atomic mass is 10.2. The van der Waals surface area contributed by atoms with Crippen LogP contribution in [-0.2, 0) is 11.3 Å². The molecule has 0 aromatic carbocycles. The standard InChI is InChI=1S/C10H13BrN2O2S.ClH/c11-6-1-8(16-5-6)4-13-10(15)9-2-7(14)3-12-9;/h1,5,7,9,12,14H,2-4H2,(H,13,15);1H. The first-order chi connectivity index (χ1) is 7.65. The van der Waals surface area contributed by atoms with E-state index in [0.717, 1.165) is 9.35 Å². The first-order valence-corrected chi connectivity index (χ1v) is 6.74. The fourth-order valence-corrected chi connectivity index (χ4v) is 3.05. The molecule has 4 nitrogen and oxygen atoms in total. The number of β-amino-alcohol motifs (C(OH)–C–C–N with tert-alkyl or cyclic N) is 1. The lowest BCUT2D eigenvalue weighted by Crippen LogP contribution is -2.39. The molecule has 3 N–H and O–H groups in total.